The molecule has 2 aromatic rings. The largest absolute Gasteiger partial charge is 0.491 e. The van der Waals surface area contributed by atoms with Crippen LogP contribution in [0.25, 0.3) is 0 Å². The summed E-state index contributed by atoms with van der Waals surface area (Å²) >= 11 is 5.76. The zero-order chi connectivity index (χ0) is 16.8. The Morgan fingerprint density at radius 3 is 2.43 bits per heavy atom. The Kier molecular flexibility index (Phi) is 6.27. The van der Waals surface area contributed by atoms with Crippen molar-refractivity contribution in [1.82, 2.24) is 10.3 Å². The van der Waals surface area contributed by atoms with Gasteiger partial charge in [-0.15, -0.1) is 0 Å². The van der Waals surface area contributed by atoms with Gasteiger partial charge in [-0.25, -0.2) is 8.78 Å². The SMILES string of the molecule is CC(NCC(O)COc1ccc(Cl)cc1)c1c(F)cncc1F. The number of halogens is 3. The average Bonchev–Trinajstić information content (AvgIpc) is 2.52. The van der Waals surface area contributed by atoms with E-state index >= 15 is 0 Å². The summed E-state index contributed by atoms with van der Waals surface area (Å²) in [6.07, 6.45) is 1.08. The van der Waals surface area contributed by atoms with Crippen molar-refractivity contribution in [3.8, 4) is 5.75 Å². The predicted octanol–water partition coefficient (Wildman–Crippen LogP) is 3.10. The van der Waals surface area contributed by atoms with Crippen LogP contribution >= 0.6 is 11.6 Å². The lowest BCUT2D eigenvalue weighted by Gasteiger charge is -2.18. The third-order valence-corrected chi connectivity index (χ3v) is 3.49. The van der Waals surface area contributed by atoms with Crippen molar-refractivity contribution in [3.05, 3.63) is 58.9 Å². The second-order valence-electron chi connectivity index (χ2n) is 5.07. The molecule has 1 heterocycles. The Labute approximate surface area is 138 Å². The molecule has 0 bridgehead atoms. The second-order valence-corrected chi connectivity index (χ2v) is 5.50. The lowest BCUT2D eigenvalue weighted by molar-refractivity contribution is 0.104. The van der Waals surface area contributed by atoms with Crippen LogP contribution in [-0.2, 0) is 0 Å². The molecular formula is C16H17ClF2N2O2. The maximum absolute atomic E-state index is 13.6. The van der Waals surface area contributed by atoms with Gasteiger partial charge in [-0.3, -0.25) is 4.98 Å². The average molecular weight is 343 g/mol. The van der Waals surface area contributed by atoms with E-state index in [0.29, 0.717) is 10.8 Å². The van der Waals surface area contributed by atoms with E-state index in [2.05, 4.69) is 10.3 Å². The second kappa shape index (κ2) is 8.19. The number of aliphatic hydroxyl groups excluding tert-OH is 1. The van der Waals surface area contributed by atoms with Crippen molar-refractivity contribution in [1.29, 1.82) is 0 Å². The number of hydrogen-bond acceptors (Lipinski definition) is 4. The van der Waals surface area contributed by atoms with Crippen molar-refractivity contribution in [3.63, 3.8) is 0 Å². The van der Waals surface area contributed by atoms with Crippen molar-refractivity contribution in [2.75, 3.05) is 13.2 Å². The first-order valence-corrected chi connectivity index (χ1v) is 7.44. The van der Waals surface area contributed by atoms with Crippen LogP contribution in [0.3, 0.4) is 0 Å². The molecule has 0 aliphatic rings. The number of aromatic nitrogens is 1. The number of rotatable bonds is 7. The van der Waals surface area contributed by atoms with Gasteiger partial charge in [-0.1, -0.05) is 11.6 Å². The van der Waals surface area contributed by atoms with Crippen LogP contribution in [0.1, 0.15) is 18.5 Å². The molecule has 23 heavy (non-hydrogen) atoms. The number of aliphatic hydroxyl groups is 1. The number of nitrogens with one attached hydrogen (secondary N) is 1. The smallest absolute Gasteiger partial charge is 0.149 e. The number of pyridine rings is 1. The Bertz CT molecular complexity index is 620. The summed E-state index contributed by atoms with van der Waals surface area (Å²) in [5, 5.41) is 13.3. The lowest BCUT2D eigenvalue weighted by atomic mass is 10.1. The fraction of sp³-hybridized carbons (Fsp3) is 0.312. The molecule has 1 aromatic carbocycles. The van der Waals surface area contributed by atoms with Crippen LogP contribution in [0.2, 0.25) is 5.02 Å². The maximum atomic E-state index is 13.6. The minimum atomic E-state index is -0.832. The highest BCUT2D eigenvalue weighted by Gasteiger charge is 2.17. The van der Waals surface area contributed by atoms with Gasteiger partial charge in [0, 0.05) is 23.2 Å². The fourth-order valence-electron chi connectivity index (χ4n) is 2.03. The maximum Gasteiger partial charge on any atom is 0.149 e. The summed E-state index contributed by atoms with van der Waals surface area (Å²) in [6, 6.07) is 6.12. The van der Waals surface area contributed by atoms with Crippen molar-refractivity contribution >= 4 is 11.6 Å². The molecule has 2 rings (SSSR count). The first kappa shape index (κ1) is 17.6. The minimum Gasteiger partial charge on any atom is -0.491 e. The molecule has 2 unspecified atom stereocenters. The molecule has 2 N–H and O–H groups in total. The van der Waals surface area contributed by atoms with Crippen LogP contribution in [0.4, 0.5) is 8.78 Å². The molecule has 1 aromatic heterocycles. The molecule has 0 aliphatic heterocycles. The number of ether oxygens (including phenoxy) is 1. The van der Waals surface area contributed by atoms with E-state index < -0.39 is 23.8 Å². The van der Waals surface area contributed by atoms with Crippen LogP contribution in [0, 0.1) is 11.6 Å². The van der Waals surface area contributed by atoms with E-state index in [1.807, 2.05) is 0 Å². The molecular weight excluding hydrogens is 326 g/mol. The van der Waals surface area contributed by atoms with E-state index in [9.17, 15) is 13.9 Å². The van der Waals surface area contributed by atoms with Gasteiger partial charge >= 0.3 is 0 Å². The normalized spacial score (nSPS) is 13.6. The first-order valence-electron chi connectivity index (χ1n) is 7.06. The highest BCUT2D eigenvalue weighted by atomic mass is 35.5. The predicted molar refractivity (Wildman–Crippen MR) is 83.5 cm³/mol. The van der Waals surface area contributed by atoms with E-state index in [0.717, 1.165) is 12.4 Å². The van der Waals surface area contributed by atoms with Gasteiger partial charge in [0.05, 0.1) is 12.4 Å². The Morgan fingerprint density at radius 1 is 1.22 bits per heavy atom. The summed E-state index contributed by atoms with van der Waals surface area (Å²) < 4.78 is 32.6. The Hall–Kier alpha value is -1.76. The fourth-order valence-corrected chi connectivity index (χ4v) is 2.16. The topological polar surface area (TPSA) is 54.4 Å². The third-order valence-electron chi connectivity index (χ3n) is 3.24. The van der Waals surface area contributed by atoms with Gasteiger partial charge in [0.25, 0.3) is 0 Å². The zero-order valence-corrected chi connectivity index (χ0v) is 13.2. The van der Waals surface area contributed by atoms with Gasteiger partial charge in [-0.05, 0) is 31.2 Å². The molecule has 0 amide bonds. The third kappa shape index (κ3) is 5.13. The van der Waals surface area contributed by atoms with Crippen LogP contribution in [-0.4, -0.2) is 29.3 Å². The summed E-state index contributed by atoms with van der Waals surface area (Å²) in [5.74, 6) is -0.874. The monoisotopic (exact) mass is 342 g/mol. The van der Waals surface area contributed by atoms with E-state index in [-0.39, 0.29) is 18.7 Å². The molecule has 0 saturated heterocycles. The van der Waals surface area contributed by atoms with Gasteiger partial charge in [0.1, 0.15) is 30.1 Å². The number of nitrogens with zero attached hydrogens (tertiary/aromatic N) is 1. The Morgan fingerprint density at radius 2 is 1.83 bits per heavy atom. The molecule has 0 radical (unpaired) electrons. The van der Waals surface area contributed by atoms with E-state index in [1.54, 1.807) is 31.2 Å². The molecule has 124 valence electrons. The zero-order valence-electron chi connectivity index (χ0n) is 12.5. The molecule has 0 fully saturated rings. The molecule has 7 heteroatoms. The molecule has 0 aliphatic carbocycles. The highest BCUT2D eigenvalue weighted by molar-refractivity contribution is 6.30. The van der Waals surface area contributed by atoms with Crippen LogP contribution in [0.5, 0.6) is 5.75 Å². The van der Waals surface area contributed by atoms with Crippen LogP contribution < -0.4 is 10.1 Å². The van der Waals surface area contributed by atoms with E-state index in [1.165, 1.54) is 0 Å². The van der Waals surface area contributed by atoms with Gasteiger partial charge in [0.2, 0.25) is 0 Å². The minimum absolute atomic E-state index is 0.0443. The van der Waals surface area contributed by atoms with Crippen molar-refractivity contribution in [2.24, 2.45) is 0 Å². The highest BCUT2D eigenvalue weighted by Crippen LogP contribution is 2.19. The van der Waals surface area contributed by atoms with Gasteiger partial charge in [0.15, 0.2) is 0 Å². The lowest BCUT2D eigenvalue weighted by Crippen LogP contribution is -2.33. The van der Waals surface area contributed by atoms with Crippen molar-refractivity contribution in [2.45, 2.75) is 19.1 Å². The summed E-state index contributed by atoms with van der Waals surface area (Å²) in [5.41, 5.74) is -0.106. The summed E-state index contributed by atoms with van der Waals surface area (Å²) in [7, 11) is 0. The summed E-state index contributed by atoms with van der Waals surface area (Å²) in [4.78, 5) is 3.43. The Balaban J connectivity index is 1.82. The quantitative estimate of drug-likeness (QED) is 0.812. The van der Waals surface area contributed by atoms with E-state index in [4.69, 9.17) is 16.3 Å². The summed E-state index contributed by atoms with van der Waals surface area (Å²) in [6.45, 7) is 1.77. The molecule has 0 saturated carbocycles. The standard InChI is InChI=1S/C16H17ClF2N2O2/c1-10(16-14(18)7-20-8-15(16)19)21-6-12(22)9-23-13-4-2-11(17)3-5-13/h2-5,7-8,10,12,21-22H,6,9H2,1H3. The first-order chi connectivity index (χ1) is 11.0. The van der Waals surface area contributed by atoms with Crippen molar-refractivity contribution < 1.29 is 18.6 Å². The molecule has 0 spiro atoms. The van der Waals surface area contributed by atoms with Gasteiger partial charge in [-0.2, -0.15) is 0 Å². The number of benzene rings is 1. The molecule has 4 nitrogen and oxygen atoms in total. The molecule has 2 atom stereocenters. The van der Waals surface area contributed by atoms with Gasteiger partial charge < -0.3 is 15.2 Å². The van der Waals surface area contributed by atoms with Crippen LogP contribution in [0.15, 0.2) is 36.7 Å². The number of hydrogen-bond donors (Lipinski definition) is 2.